The summed E-state index contributed by atoms with van der Waals surface area (Å²) in [6.45, 7) is 0.469. The van der Waals surface area contributed by atoms with E-state index in [2.05, 4.69) is 15.9 Å². The first-order valence-electron chi connectivity index (χ1n) is 4.20. The zero-order valence-electron chi connectivity index (χ0n) is 7.70. The minimum atomic E-state index is -3.07. The van der Waals surface area contributed by atoms with Crippen LogP contribution in [0.4, 0.5) is 0 Å². The van der Waals surface area contributed by atoms with Crippen LogP contribution in [0, 0.1) is 0 Å². The van der Waals surface area contributed by atoms with Gasteiger partial charge in [0.1, 0.15) is 0 Å². The van der Waals surface area contributed by atoms with Crippen LogP contribution in [0.3, 0.4) is 0 Å². The average molecular weight is 276 g/mol. The Morgan fingerprint density at radius 1 is 1.36 bits per heavy atom. The van der Waals surface area contributed by atoms with Crippen molar-refractivity contribution in [2.75, 3.05) is 7.05 Å². The van der Waals surface area contributed by atoms with Gasteiger partial charge < -0.3 is 0 Å². The minimum absolute atomic E-state index is 0.117. The maximum Gasteiger partial charge on any atom is 0.218 e. The predicted molar refractivity (Wildman–Crippen MR) is 58.2 cm³/mol. The van der Waals surface area contributed by atoms with E-state index in [9.17, 15) is 8.42 Å². The molecule has 0 spiro atoms. The topological polar surface area (TPSA) is 37.4 Å². The van der Waals surface area contributed by atoms with Gasteiger partial charge in [-0.05, 0) is 23.3 Å². The van der Waals surface area contributed by atoms with Crippen molar-refractivity contribution in [3.63, 3.8) is 0 Å². The quantitative estimate of drug-likeness (QED) is 0.723. The Morgan fingerprint density at radius 2 is 2.07 bits per heavy atom. The first kappa shape index (κ1) is 10.1. The summed E-state index contributed by atoms with van der Waals surface area (Å²) >= 11 is 3.37. The number of nitrogens with zero attached hydrogens (tertiary/aromatic N) is 1. The van der Waals surface area contributed by atoms with Crippen LogP contribution in [0.25, 0.3) is 0 Å². The number of halogens is 1. The number of sulfonamides is 1. The Morgan fingerprint density at radius 3 is 2.79 bits per heavy atom. The molecule has 1 aliphatic heterocycles. The van der Waals surface area contributed by atoms with Gasteiger partial charge in [0.15, 0.2) is 0 Å². The van der Waals surface area contributed by atoms with Crippen molar-refractivity contribution in [3.8, 4) is 0 Å². The Kier molecular flexibility index (Phi) is 2.41. The molecule has 76 valence electrons. The maximum atomic E-state index is 11.5. The molecule has 0 N–H and O–H groups in total. The summed E-state index contributed by atoms with van der Waals surface area (Å²) in [7, 11) is -1.46. The molecule has 2 rings (SSSR count). The van der Waals surface area contributed by atoms with Gasteiger partial charge in [-0.25, -0.2) is 12.7 Å². The summed E-state index contributed by atoms with van der Waals surface area (Å²) in [4.78, 5) is 0. The molecule has 0 aromatic heterocycles. The molecule has 0 fully saturated rings. The van der Waals surface area contributed by atoms with Crippen LogP contribution in [0.1, 0.15) is 11.1 Å². The molecule has 1 aliphatic rings. The van der Waals surface area contributed by atoms with Crippen molar-refractivity contribution in [2.24, 2.45) is 0 Å². The van der Waals surface area contributed by atoms with Gasteiger partial charge in [-0.1, -0.05) is 22.0 Å². The molecule has 0 saturated carbocycles. The summed E-state index contributed by atoms with van der Waals surface area (Å²) < 4.78 is 25.5. The van der Waals surface area contributed by atoms with Crippen molar-refractivity contribution in [3.05, 3.63) is 33.8 Å². The second kappa shape index (κ2) is 3.32. The van der Waals surface area contributed by atoms with Crippen LogP contribution < -0.4 is 0 Å². The largest absolute Gasteiger partial charge is 0.218 e. The maximum absolute atomic E-state index is 11.5. The van der Waals surface area contributed by atoms with Crippen LogP contribution >= 0.6 is 15.9 Å². The van der Waals surface area contributed by atoms with E-state index in [0.29, 0.717) is 6.54 Å². The summed E-state index contributed by atoms with van der Waals surface area (Å²) in [5.74, 6) is 0.117. The average Bonchev–Trinajstić information content (AvgIpc) is 2.08. The highest BCUT2D eigenvalue weighted by atomic mass is 79.9. The molecule has 3 nitrogen and oxygen atoms in total. The van der Waals surface area contributed by atoms with Gasteiger partial charge in [0.05, 0.1) is 5.75 Å². The molecule has 1 aromatic rings. The summed E-state index contributed by atoms with van der Waals surface area (Å²) in [6.07, 6.45) is 0. The second-order valence-corrected chi connectivity index (χ2v) is 6.42. The molecular formula is C9H10BrNO2S. The van der Waals surface area contributed by atoms with Gasteiger partial charge in [0.25, 0.3) is 0 Å². The van der Waals surface area contributed by atoms with Gasteiger partial charge in [0, 0.05) is 18.1 Å². The third-order valence-corrected chi connectivity index (χ3v) is 4.62. The van der Waals surface area contributed by atoms with Crippen molar-refractivity contribution in [2.45, 2.75) is 12.3 Å². The highest BCUT2D eigenvalue weighted by molar-refractivity contribution is 9.10. The zero-order chi connectivity index (χ0) is 10.3. The Hall–Kier alpha value is -0.390. The van der Waals surface area contributed by atoms with Gasteiger partial charge in [0.2, 0.25) is 10.0 Å². The normalized spacial score (nSPS) is 20.4. The number of hydrogen-bond donors (Lipinski definition) is 0. The van der Waals surface area contributed by atoms with Crippen molar-refractivity contribution in [1.29, 1.82) is 0 Å². The Balaban J connectivity index is 2.51. The summed E-state index contributed by atoms with van der Waals surface area (Å²) in [5.41, 5.74) is 1.99. The third-order valence-electron chi connectivity index (χ3n) is 2.37. The SMILES string of the molecule is CN1Cc2cc(Br)ccc2CS1(=O)=O. The first-order valence-corrected chi connectivity index (χ1v) is 6.60. The van der Waals surface area contributed by atoms with E-state index in [1.54, 1.807) is 7.05 Å². The third kappa shape index (κ3) is 1.71. The van der Waals surface area contributed by atoms with Crippen molar-refractivity contribution >= 4 is 26.0 Å². The van der Waals surface area contributed by atoms with E-state index in [1.807, 2.05) is 18.2 Å². The van der Waals surface area contributed by atoms with E-state index in [0.717, 1.165) is 15.6 Å². The molecule has 1 heterocycles. The monoisotopic (exact) mass is 275 g/mol. The molecular weight excluding hydrogens is 266 g/mol. The first-order chi connectivity index (χ1) is 6.49. The predicted octanol–water partition coefficient (Wildman–Crippen LogP) is 1.72. The fourth-order valence-electron chi connectivity index (χ4n) is 1.53. The molecule has 0 atom stereocenters. The lowest BCUT2D eigenvalue weighted by molar-refractivity contribution is 0.455. The lowest BCUT2D eigenvalue weighted by atomic mass is 10.1. The van der Waals surface area contributed by atoms with E-state index in [-0.39, 0.29) is 5.75 Å². The molecule has 0 bridgehead atoms. The smallest absolute Gasteiger partial charge is 0.212 e. The Bertz CT molecular complexity index is 470. The van der Waals surface area contributed by atoms with Crippen LogP contribution in [-0.4, -0.2) is 19.8 Å². The van der Waals surface area contributed by atoms with Crippen molar-refractivity contribution in [1.82, 2.24) is 4.31 Å². The molecule has 14 heavy (non-hydrogen) atoms. The van der Waals surface area contributed by atoms with Gasteiger partial charge in [-0.2, -0.15) is 0 Å². The number of hydrogen-bond acceptors (Lipinski definition) is 2. The van der Waals surface area contributed by atoms with Gasteiger partial charge in [-0.3, -0.25) is 0 Å². The lowest BCUT2D eigenvalue weighted by Gasteiger charge is -2.24. The van der Waals surface area contributed by atoms with E-state index in [1.165, 1.54) is 4.31 Å². The minimum Gasteiger partial charge on any atom is -0.212 e. The molecule has 0 unspecified atom stereocenters. The fraction of sp³-hybridized carbons (Fsp3) is 0.333. The molecule has 0 aliphatic carbocycles. The molecule has 5 heteroatoms. The van der Waals surface area contributed by atoms with Crippen molar-refractivity contribution < 1.29 is 8.42 Å². The molecule has 1 aromatic carbocycles. The molecule has 0 radical (unpaired) electrons. The Labute approximate surface area is 91.9 Å². The number of benzene rings is 1. The second-order valence-electron chi connectivity index (χ2n) is 3.43. The van der Waals surface area contributed by atoms with E-state index in [4.69, 9.17) is 0 Å². The van der Waals surface area contributed by atoms with Gasteiger partial charge >= 0.3 is 0 Å². The standard InChI is InChI=1S/C9H10BrNO2S/c1-11-5-8-4-9(10)3-2-7(8)6-14(11,12)13/h2-4H,5-6H2,1H3. The van der Waals surface area contributed by atoms with E-state index >= 15 is 0 Å². The van der Waals surface area contributed by atoms with E-state index < -0.39 is 10.0 Å². The molecule has 0 amide bonds. The molecule has 0 saturated heterocycles. The number of fused-ring (bicyclic) bond motifs is 1. The summed E-state index contributed by atoms with van der Waals surface area (Å²) in [5, 5.41) is 0. The fourth-order valence-corrected chi connectivity index (χ4v) is 3.17. The lowest BCUT2D eigenvalue weighted by Crippen LogP contribution is -2.32. The van der Waals surface area contributed by atoms with Crippen LogP contribution in [0.5, 0.6) is 0 Å². The van der Waals surface area contributed by atoms with Gasteiger partial charge in [-0.15, -0.1) is 0 Å². The highest BCUT2D eigenvalue weighted by Gasteiger charge is 2.26. The number of rotatable bonds is 0. The highest BCUT2D eigenvalue weighted by Crippen LogP contribution is 2.25. The van der Waals surface area contributed by atoms with Crippen LogP contribution in [0.2, 0.25) is 0 Å². The van der Waals surface area contributed by atoms with Crippen LogP contribution in [-0.2, 0) is 22.3 Å². The summed E-state index contributed by atoms with van der Waals surface area (Å²) in [6, 6.07) is 5.71. The zero-order valence-corrected chi connectivity index (χ0v) is 10.1. The van der Waals surface area contributed by atoms with Crippen LogP contribution in [0.15, 0.2) is 22.7 Å².